The zero-order valence-corrected chi connectivity index (χ0v) is 8.55. The third-order valence-corrected chi connectivity index (χ3v) is 2.58. The molecule has 1 unspecified atom stereocenters. The Labute approximate surface area is 81.8 Å². The van der Waals surface area contributed by atoms with Gasteiger partial charge in [-0.25, -0.2) is 0 Å². The van der Waals surface area contributed by atoms with Gasteiger partial charge in [-0.05, 0) is 0 Å². The van der Waals surface area contributed by atoms with Gasteiger partial charge in [0.15, 0.2) is 5.85 Å². The number of rotatable bonds is 7. The van der Waals surface area contributed by atoms with Crippen molar-refractivity contribution in [2.45, 2.75) is 5.85 Å². The van der Waals surface area contributed by atoms with Crippen LogP contribution >= 0.6 is 7.60 Å². The molecular weight excluding hydrogens is 213 g/mol. The zero-order chi connectivity index (χ0) is 11.2. The van der Waals surface area contributed by atoms with Crippen LogP contribution in [0.25, 0.3) is 0 Å². The molecule has 14 heavy (non-hydrogen) atoms. The SMILES string of the molecule is O=P(O)(O)C(O)CN(CCO)CCO. The molecule has 0 amide bonds. The zero-order valence-electron chi connectivity index (χ0n) is 7.65. The molecule has 0 spiro atoms. The summed E-state index contributed by atoms with van der Waals surface area (Å²) in [5.74, 6) is -1.78. The van der Waals surface area contributed by atoms with E-state index in [2.05, 4.69) is 0 Å². The highest BCUT2D eigenvalue weighted by atomic mass is 31.2. The fourth-order valence-electron chi connectivity index (χ4n) is 0.915. The molecule has 0 radical (unpaired) electrons. The Balaban J connectivity index is 4.08. The van der Waals surface area contributed by atoms with Gasteiger partial charge in [0.25, 0.3) is 0 Å². The quantitative estimate of drug-likeness (QED) is 0.313. The first kappa shape index (κ1) is 14.0. The third-order valence-electron chi connectivity index (χ3n) is 1.64. The minimum atomic E-state index is -4.51. The minimum absolute atomic E-state index is 0.150. The monoisotopic (exact) mass is 229 g/mol. The normalized spacial score (nSPS) is 14.7. The molecule has 0 fully saturated rings. The summed E-state index contributed by atoms with van der Waals surface area (Å²) >= 11 is 0. The lowest BCUT2D eigenvalue weighted by Gasteiger charge is -2.23. The van der Waals surface area contributed by atoms with Crippen molar-refractivity contribution >= 4 is 7.60 Å². The third kappa shape index (κ3) is 5.66. The van der Waals surface area contributed by atoms with Crippen LogP contribution in [-0.4, -0.2) is 68.7 Å². The van der Waals surface area contributed by atoms with Crippen molar-refractivity contribution in [2.75, 3.05) is 32.8 Å². The van der Waals surface area contributed by atoms with E-state index >= 15 is 0 Å². The Morgan fingerprint density at radius 3 is 1.86 bits per heavy atom. The lowest BCUT2D eigenvalue weighted by molar-refractivity contribution is 0.109. The molecule has 0 heterocycles. The Kier molecular flexibility index (Phi) is 6.46. The van der Waals surface area contributed by atoms with E-state index in [1.807, 2.05) is 0 Å². The van der Waals surface area contributed by atoms with Gasteiger partial charge in [-0.3, -0.25) is 9.46 Å². The summed E-state index contributed by atoms with van der Waals surface area (Å²) in [6.45, 7) is -0.373. The van der Waals surface area contributed by atoms with Crippen molar-refractivity contribution in [3.05, 3.63) is 0 Å². The van der Waals surface area contributed by atoms with Crippen LogP contribution in [0.5, 0.6) is 0 Å². The van der Waals surface area contributed by atoms with Crippen molar-refractivity contribution in [3.8, 4) is 0 Å². The van der Waals surface area contributed by atoms with E-state index in [0.717, 1.165) is 0 Å². The maximum absolute atomic E-state index is 10.6. The highest BCUT2D eigenvalue weighted by Gasteiger charge is 2.27. The molecule has 0 saturated carbocycles. The summed E-state index contributed by atoms with van der Waals surface area (Å²) in [6.07, 6.45) is 0. The summed E-state index contributed by atoms with van der Waals surface area (Å²) in [4.78, 5) is 18.5. The Morgan fingerprint density at radius 2 is 1.57 bits per heavy atom. The molecule has 86 valence electrons. The molecule has 0 aromatic heterocycles. The van der Waals surface area contributed by atoms with Crippen LogP contribution in [0.2, 0.25) is 0 Å². The van der Waals surface area contributed by atoms with Crippen LogP contribution in [-0.2, 0) is 4.57 Å². The van der Waals surface area contributed by atoms with Crippen LogP contribution in [0.15, 0.2) is 0 Å². The fourth-order valence-corrected chi connectivity index (χ4v) is 1.36. The van der Waals surface area contributed by atoms with Crippen LogP contribution < -0.4 is 0 Å². The van der Waals surface area contributed by atoms with Gasteiger partial charge in [0.05, 0.1) is 13.2 Å². The summed E-state index contributed by atoms with van der Waals surface area (Å²) in [5, 5.41) is 26.2. The maximum atomic E-state index is 10.6. The summed E-state index contributed by atoms with van der Waals surface area (Å²) in [7, 11) is -4.51. The molecule has 7 nitrogen and oxygen atoms in total. The standard InChI is InChI=1S/C6H16NO6P/c8-3-1-7(2-4-9)5-6(10)14(11,12)13/h6,8-10H,1-5H2,(H2,11,12,13). The van der Waals surface area contributed by atoms with Gasteiger partial charge in [-0.1, -0.05) is 0 Å². The largest absolute Gasteiger partial charge is 0.395 e. The highest BCUT2D eigenvalue weighted by Crippen LogP contribution is 2.39. The lowest BCUT2D eigenvalue weighted by atomic mass is 10.4. The highest BCUT2D eigenvalue weighted by molar-refractivity contribution is 7.52. The van der Waals surface area contributed by atoms with Gasteiger partial charge in [-0.15, -0.1) is 0 Å². The van der Waals surface area contributed by atoms with Gasteiger partial charge < -0.3 is 25.1 Å². The average molecular weight is 229 g/mol. The Bertz CT molecular complexity index is 189. The van der Waals surface area contributed by atoms with E-state index in [9.17, 15) is 4.57 Å². The van der Waals surface area contributed by atoms with Crippen molar-refractivity contribution in [1.82, 2.24) is 4.90 Å². The first-order chi connectivity index (χ1) is 6.41. The predicted octanol–water partition coefficient (Wildman–Crippen LogP) is -2.23. The van der Waals surface area contributed by atoms with Crippen molar-refractivity contribution in [3.63, 3.8) is 0 Å². The molecule has 1 atom stereocenters. The first-order valence-electron chi connectivity index (χ1n) is 4.09. The van der Waals surface area contributed by atoms with Crippen LogP contribution in [0.1, 0.15) is 0 Å². The number of hydrogen-bond acceptors (Lipinski definition) is 5. The first-order valence-corrected chi connectivity index (χ1v) is 5.77. The van der Waals surface area contributed by atoms with Crippen molar-refractivity contribution in [2.24, 2.45) is 0 Å². The van der Waals surface area contributed by atoms with E-state index in [4.69, 9.17) is 25.1 Å². The maximum Gasteiger partial charge on any atom is 0.355 e. The molecule has 0 aliphatic carbocycles. The molecular formula is C6H16NO6P. The molecule has 0 rings (SSSR count). The summed E-state index contributed by atoms with van der Waals surface area (Å²) in [5.41, 5.74) is 0. The molecule has 0 aromatic rings. The second-order valence-corrected chi connectivity index (χ2v) is 4.59. The number of aliphatic hydroxyl groups is 3. The van der Waals surface area contributed by atoms with Gasteiger partial charge in [-0.2, -0.15) is 0 Å². The Hall–Kier alpha value is -0.0100. The summed E-state index contributed by atoms with van der Waals surface area (Å²) in [6, 6.07) is 0. The molecule has 0 saturated heterocycles. The molecule has 0 aliphatic heterocycles. The van der Waals surface area contributed by atoms with Crippen LogP contribution in [0.4, 0.5) is 0 Å². The second-order valence-electron chi connectivity index (χ2n) is 2.82. The second kappa shape index (κ2) is 6.47. The van der Waals surface area contributed by atoms with Crippen molar-refractivity contribution < 1.29 is 29.7 Å². The van der Waals surface area contributed by atoms with Crippen LogP contribution in [0.3, 0.4) is 0 Å². The Morgan fingerprint density at radius 1 is 1.14 bits per heavy atom. The van der Waals surface area contributed by atoms with E-state index in [1.54, 1.807) is 0 Å². The average Bonchev–Trinajstić information content (AvgIpc) is 2.03. The lowest BCUT2D eigenvalue weighted by Crippen LogP contribution is -2.36. The van der Waals surface area contributed by atoms with Crippen LogP contribution in [0, 0.1) is 0 Å². The predicted molar refractivity (Wildman–Crippen MR) is 48.7 cm³/mol. The smallest absolute Gasteiger partial charge is 0.355 e. The molecule has 0 aliphatic rings. The van der Waals surface area contributed by atoms with Gasteiger partial charge >= 0.3 is 7.60 Å². The van der Waals surface area contributed by atoms with E-state index in [0.29, 0.717) is 0 Å². The van der Waals surface area contributed by atoms with Gasteiger partial charge in [0.2, 0.25) is 0 Å². The van der Waals surface area contributed by atoms with E-state index < -0.39 is 13.4 Å². The number of hydrogen-bond donors (Lipinski definition) is 5. The number of aliphatic hydroxyl groups excluding tert-OH is 3. The topological polar surface area (TPSA) is 121 Å². The molecule has 8 heteroatoms. The van der Waals surface area contributed by atoms with E-state index in [1.165, 1.54) is 4.90 Å². The molecule has 5 N–H and O–H groups in total. The summed E-state index contributed by atoms with van der Waals surface area (Å²) < 4.78 is 10.6. The van der Waals surface area contributed by atoms with Gasteiger partial charge in [0.1, 0.15) is 0 Å². The van der Waals surface area contributed by atoms with E-state index in [-0.39, 0.29) is 32.8 Å². The van der Waals surface area contributed by atoms with Crippen molar-refractivity contribution in [1.29, 1.82) is 0 Å². The number of nitrogens with zero attached hydrogens (tertiary/aromatic N) is 1. The van der Waals surface area contributed by atoms with Gasteiger partial charge in [0, 0.05) is 19.6 Å². The molecule has 0 aromatic carbocycles. The fraction of sp³-hybridized carbons (Fsp3) is 1.00. The molecule has 0 bridgehead atoms. The minimum Gasteiger partial charge on any atom is -0.395 e.